The molecule has 0 fully saturated rings. The van der Waals surface area contributed by atoms with E-state index < -0.39 is 0 Å². The Kier molecular flexibility index (Phi) is 2.21. The molecule has 0 bridgehead atoms. The molecule has 0 saturated heterocycles. The Labute approximate surface area is 61.4 Å². The molecule has 0 N–H and O–H groups in total. The Morgan fingerprint density at radius 2 is 2.10 bits per heavy atom. The summed E-state index contributed by atoms with van der Waals surface area (Å²) < 4.78 is 0. The van der Waals surface area contributed by atoms with Crippen LogP contribution < -0.4 is 0 Å². The predicted octanol–water partition coefficient (Wildman–Crippen LogP) is 2.37. The molecule has 0 saturated carbocycles. The molecule has 1 aromatic rings. The minimum absolute atomic E-state index is 0.433. The Morgan fingerprint density at radius 1 is 1.50 bits per heavy atom. The Balaban J connectivity index is 2.84. The first-order valence-corrected chi connectivity index (χ1v) is 3.37. The van der Waals surface area contributed by atoms with E-state index in [-0.39, 0.29) is 0 Å². The average molecular weight is 133 g/mol. The molecule has 1 nitrogen and oxygen atoms in total. The van der Waals surface area contributed by atoms with Crippen molar-refractivity contribution in [3.63, 3.8) is 0 Å². The first kappa shape index (κ1) is 7.00. The van der Waals surface area contributed by atoms with Crippen LogP contribution in [0, 0.1) is 0 Å². The maximum absolute atomic E-state index is 3.93. The van der Waals surface area contributed by atoms with E-state index in [4.69, 9.17) is 0 Å². The predicted molar refractivity (Wildman–Crippen MR) is 42.8 cm³/mol. The van der Waals surface area contributed by atoms with Gasteiger partial charge in [-0.15, -0.1) is 6.58 Å². The maximum Gasteiger partial charge on any atom is 0.0270 e. The number of allylic oxidation sites excluding steroid dienone is 1. The van der Waals surface area contributed by atoms with Gasteiger partial charge in [0.25, 0.3) is 0 Å². The second-order valence-corrected chi connectivity index (χ2v) is 2.30. The van der Waals surface area contributed by atoms with E-state index in [1.54, 1.807) is 12.4 Å². The molecular weight excluding hydrogens is 122 g/mol. The highest BCUT2D eigenvalue weighted by atomic mass is 14.6. The zero-order valence-electron chi connectivity index (χ0n) is 6.12. The lowest BCUT2D eigenvalue weighted by atomic mass is 10.0. The highest BCUT2D eigenvalue weighted by Gasteiger charge is 1.96. The third-order valence-corrected chi connectivity index (χ3v) is 1.59. The van der Waals surface area contributed by atoms with Crippen molar-refractivity contribution in [3.05, 3.63) is 42.7 Å². The summed E-state index contributed by atoms with van der Waals surface area (Å²) in [7, 11) is 0. The van der Waals surface area contributed by atoms with Gasteiger partial charge in [-0.3, -0.25) is 4.98 Å². The zero-order valence-corrected chi connectivity index (χ0v) is 6.12. The molecule has 52 valence electrons. The molecule has 1 rings (SSSR count). The molecule has 0 radical (unpaired) electrons. The van der Waals surface area contributed by atoms with Gasteiger partial charge < -0.3 is 0 Å². The van der Waals surface area contributed by atoms with Crippen molar-refractivity contribution in [1.29, 1.82) is 0 Å². The largest absolute Gasteiger partial charge is 0.265 e. The summed E-state index contributed by atoms with van der Waals surface area (Å²) in [6.07, 6.45) is 5.53. The number of rotatable bonds is 2. The molecule has 0 aliphatic rings. The molecule has 1 heteroatoms. The SMILES string of the molecule is C=CC(C)c1ccncc1. The molecule has 10 heavy (non-hydrogen) atoms. The number of pyridine rings is 1. The Morgan fingerprint density at radius 3 is 2.60 bits per heavy atom. The quantitative estimate of drug-likeness (QED) is 0.564. The van der Waals surface area contributed by atoms with Crippen LogP contribution in [0.4, 0.5) is 0 Å². The fourth-order valence-electron chi connectivity index (χ4n) is 0.803. The van der Waals surface area contributed by atoms with Gasteiger partial charge in [-0.1, -0.05) is 13.0 Å². The van der Waals surface area contributed by atoms with Gasteiger partial charge in [-0.25, -0.2) is 0 Å². The van der Waals surface area contributed by atoms with Crippen LogP contribution >= 0.6 is 0 Å². The average Bonchev–Trinajstić information content (AvgIpc) is 2.05. The third kappa shape index (κ3) is 1.44. The Bertz CT molecular complexity index is 203. The maximum atomic E-state index is 3.93. The highest BCUT2D eigenvalue weighted by Crippen LogP contribution is 2.13. The summed E-state index contributed by atoms with van der Waals surface area (Å²) in [5.41, 5.74) is 1.27. The van der Waals surface area contributed by atoms with Gasteiger partial charge in [-0.2, -0.15) is 0 Å². The fraction of sp³-hybridized carbons (Fsp3) is 0.222. The fourth-order valence-corrected chi connectivity index (χ4v) is 0.803. The molecule has 0 aromatic carbocycles. The van der Waals surface area contributed by atoms with Crippen LogP contribution in [0.3, 0.4) is 0 Å². The van der Waals surface area contributed by atoms with E-state index in [0.717, 1.165) is 0 Å². The summed E-state index contributed by atoms with van der Waals surface area (Å²) in [6.45, 7) is 5.83. The van der Waals surface area contributed by atoms with Gasteiger partial charge >= 0.3 is 0 Å². The van der Waals surface area contributed by atoms with Crippen LogP contribution in [0.1, 0.15) is 18.4 Å². The molecular formula is C9H11N. The lowest BCUT2D eigenvalue weighted by molar-refractivity contribution is 0.964. The monoisotopic (exact) mass is 133 g/mol. The molecule has 0 spiro atoms. The van der Waals surface area contributed by atoms with E-state index in [0.29, 0.717) is 5.92 Å². The molecule has 1 atom stereocenters. The van der Waals surface area contributed by atoms with Crippen molar-refractivity contribution in [1.82, 2.24) is 4.98 Å². The summed E-state index contributed by atoms with van der Waals surface area (Å²) >= 11 is 0. The van der Waals surface area contributed by atoms with E-state index in [1.807, 2.05) is 18.2 Å². The van der Waals surface area contributed by atoms with E-state index in [9.17, 15) is 0 Å². The first-order valence-electron chi connectivity index (χ1n) is 3.37. The third-order valence-electron chi connectivity index (χ3n) is 1.59. The summed E-state index contributed by atoms with van der Waals surface area (Å²) in [6, 6.07) is 4.01. The summed E-state index contributed by atoms with van der Waals surface area (Å²) in [5.74, 6) is 0.433. The van der Waals surface area contributed by atoms with Crippen molar-refractivity contribution in [3.8, 4) is 0 Å². The van der Waals surface area contributed by atoms with E-state index in [2.05, 4.69) is 18.5 Å². The number of aromatic nitrogens is 1. The van der Waals surface area contributed by atoms with E-state index in [1.165, 1.54) is 5.56 Å². The molecule has 1 aromatic heterocycles. The molecule has 1 heterocycles. The minimum atomic E-state index is 0.433. The second-order valence-electron chi connectivity index (χ2n) is 2.30. The number of hydrogen-bond acceptors (Lipinski definition) is 1. The van der Waals surface area contributed by atoms with Crippen molar-refractivity contribution in [2.45, 2.75) is 12.8 Å². The van der Waals surface area contributed by atoms with Gasteiger partial charge in [0.05, 0.1) is 0 Å². The second kappa shape index (κ2) is 3.16. The van der Waals surface area contributed by atoms with Crippen LogP contribution in [-0.4, -0.2) is 4.98 Å². The first-order chi connectivity index (χ1) is 4.84. The van der Waals surface area contributed by atoms with Crippen LogP contribution in [0.2, 0.25) is 0 Å². The molecule has 0 aliphatic heterocycles. The Hall–Kier alpha value is -1.11. The van der Waals surface area contributed by atoms with Crippen molar-refractivity contribution < 1.29 is 0 Å². The smallest absolute Gasteiger partial charge is 0.0270 e. The lowest BCUT2D eigenvalue weighted by Gasteiger charge is -2.03. The molecule has 1 unspecified atom stereocenters. The van der Waals surface area contributed by atoms with Crippen LogP contribution in [0.25, 0.3) is 0 Å². The van der Waals surface area contributed by atoms with Gasteiger partial charge in [0, 0.05) is 12.4 Å². The van der Waals surface area contributed by atoms with Crippen LogP contribution in [0.5, 0.6) is 0 Å². The van der Waals surface area contributed by atoms with Crippen LogP contribution in [-0.2, 0) is 0 Å². The highest BCUT2D eigenvalue weighted by molar-refractivity contribution is 5.18. The van der Waals surface area contributed by atoms with Crippen molar-refractivity contribution >= 4 is 0 Å². The molecule has 0 amide bonds. The van der Waals surface area contributed by atoms with Gasteiger partial charge in [0.1, 0.15) is 0 Å². The zero-order chi connectivity index (χ0) is 7.40. The van der Waals surface area contributed by atoms with Crippen molar-refractivity contribution in [2.75, 3.05) is 0 Å². The van der Waals surface area contributed by atoms with Gasteiger partial charge in [0.15, 0.2) is 0 Å². The molecule has 0 aliphatic carbocycles. The standard InChI is InChI=1S/C9H11N/c1-3-8(2)9-4-6-10-7-5-9/h3-8H,1H2,2H3. The van der Waals surface area contributed by atoms with Crippen LogP contribution in [0.15, 0.2) is 37.2 Å². The van der Waals surface area contributed by atoms with Crippen molar-refractivity contribution in [2.24, 2.45) is 0 Å². The number of nitrogens with zero attached hydrogens (tertiary/aromatic N) is 1. The minimum Gasteiger partial charge on any atom is -0.265 e. The van der Waals surface area contributed by atoms with Gasteiger partial charge in [0.2, 0.25) is 0 Å². The van der Waals surface area contributed by atoms with E-state index >= 15 is 0 Å². The normalized spacial score (nSPS) is 12.5. The van der Waals surface area contributed by atoms with Gasteiger partial charge in [-0.05, 0) is 23.6 Å². The summed E-state index contributed by atoms with van der Waals surface area (Å²) in [5, 5.41) is 0. The summed E-state index contributed by atoms with van der Waals surface area (Å²) in [4.78, 5) is 3.93. The number of hydrogen-bond donors (Lipinski definition) is 0. The lowest BCUT2D eigenvalue weighted by Crippen LogP contribution is -1.86. The topological polar surface area (TPSA) is 12.9 Å².